The van der Waals surface area contributed by atoms with Crippen LogP contribution in [0, 0.1) is 0 Å². The first-order valence-corrected chi connectivity index (χ1v) is 8.65. The maximum absolute atomic E-state index is 6.30. The lowest BCUT2D eigenvalue weighted by atomic mass is 10.0. The van der Waals surface area contributed by atoms with Crippen molar-refractivity contribution >= 4 is 23.2 Å². The molecule has 0 atom stereocenters. The van der Waals surface area contributed by atoms with E-state index in [1.807, 2.05) is 6.07 Å². The summed E-state index contributed by atoms with van der Waals surface area (Å²) in [5, 5.41) is 4.89. The van der Waals surface area contributed by atoms with Crippen molar-refractivity contribution in [1.82, 2.24) is 5.32 Å². The van der Waals surface area contributed by atoms with Gasteiger partial charge in [-0.3, -0.25) is 0 Å². The predicted octanol–water partition coefficient (Wildman–Crippen LogP) is 4.99. The highest BCUT2D eigenvalue weighted by molar-refractivity contribution is 6.42. The molecule has 2 rings (SSSR count). The molecule has 0 aromatic heterocycles. The fourth-order valence-electron chi connectivity index (χ4n) is 2.45. The average molecular weight is 330 g/mol. The van der Waals surface area contributed by atoms with Gasteiger partial charge in [-0.25, -0.2) is 0 Å². The normalized spacial score (nSPS) is 14.6. The van der Waals surface area contributed by atoms with Crippen LogP contribution in [0.3, 0.4) is 0 Å². The molecule has 1 saturated carbocycles. The standard InChI is InChI=1S/C17H25Cl2NO/c1-21-9-5-3-2-4-6-13-10-14(12-20-15-7-8-15)17(19)16(18)11-13/h10-11,15,20H,2-9,12H2,1H3. The Labute approximate surface area is 138 Å². The number of methoxy groups -OCH3 is 1. The van der Waals surface area contributed by atoms with Crippen LogP contribution < -0.4 is 5.32 Å². The molecule has 1 fully saturated rings. The molecule has 1 aromatic carbocycles. The van der Waals surface area contributed by atoms with Gasteiger partial charge in [0, 0.05) is 26.3 Å². The lowest BCUT2D eigenvalue weighted by Crippen LogP contribution is -2.15. The molecule has 2 nitrogen and oxygen atoms in total. The summed E-state index contributed by atoms with van der Waals surface area (Å²) in [6.07, 6.45) is 8.44. The Morgan fingerprint density at radius 3 is 2.62 bits per heavy atom. The fourth-order valence-corrected chi connectivity index (χ4v) is 2.89. The van der Waals surface area contributed by atoms with Crippen molar-refractivity contribution < 1.29 is 4.74 Å². The van der Waals surface area contributed by atoms with Gasteiger partial charge in [0.1, 0.15) is 0 Å². The van der Waals surface area contributed by atoms with Crippen LogP contribution in [-0.4, -0.2) is 19.8 Å². The number of halogens is 2. The lowest BCUT2D eigenvalue weighted by molar-refractivity contribution is 0.192. The van der Waals surface area contributed by atoms with Gasteiger partial charge in [-0.05, 0) is 49.3 Å². The maximum atomic E-state index is 6.30. The van der Waals surface area contributed by atoms with Crippen LogP contribution in [0.4, 0.5) is 0 Å². The van der Waals surface area contributed by atoms with Crippen LogP contribution in [0.1, 0.15) is 49.7 Å². The van der Waals surface area contributed by atoms with Crippen LogP contribution in [0.25, 0.3) is 0 Å². The molecule has 0 bridgehead atoms. The monoisotopic (exact) mass is 329 g/mol. The Morgan fingerprint density at radius 1 is 1.14 bits per heavy atom. The summed E-state index contributed by atoms with van der Waals surface area (Å²) in [5.74, 6) is 0. The molecule has 0 unspecified atom stereocenters. The molecule has 1 N–H and O–H groups in total. The minimum atomic E-state index is 0.682. The minimum Gasteiger partial charge on any atom is -0.385 e. The van der Waals surface area contributed by atoms with Gasteiger partial charge in [-0.1, -0.05) is 42.1 Å². The summed E-state index contributed by atoms with van der Waals surface area (Å²) in [4.78, 5) is 0. The van der Waals surface area contributed by atoms with Crippen molar-refractivity contribution in [3.05, 3.63) is 33.3 Å². The summed E-state index contributed by atoms with van der Waals surface area (Å²) >= 11 is 12.6. The second-order valence-electron chi connectivity index (χ2n) is 5.86. The van der Waals surface area contributed by atoms with Gasteiger partial charge in [-0.2, -0.15) is 0 Å². The van der Waals surface area contributed by atoms with E-state index in [4.69, 9.17) is 27.9 Å². The average Bonchev–Trinajstić information content (AvgIpc) is 3.29. The lowest BCUT2D eigenvalue weighted by Gasteiger charge is -2.11. The molecule has 0 radical (unpaired) electrons. The van der Waals surface area contributed by atoms with Gasteiger partial charge < -0.3 is 10.1 Å². The Kier molecular flexibility index (Phi) is 7.31. The van der Waals surface area contributed by atoms with E-state index in [1.165, 1.54) is 37.7 Å². The number of ether oxygens (including phenoxy) is 1. The van der Waals surface area contributed by atoms with Crippen molar-refractivity contribution in [1.29, 1.82) is 0 Å². The number of aryl methyl sites for hydroxylation is 1. The van der Waals surface area contributed by atoms with Crippen LogP contribution in [0.5, 0.6) is 0 Å². The molecule has 4 heteroatoms. The molecule has 0 amide bonds. The Hall–Kier alpha value is -0.280. The quantitative estimate of drug-likeness (QED) is 0.610. The highest BCUT2D eigenvalue weighted by atomic mass is 35.5. The first-order valence-electron chi connectivity index (χ1n) is 7.90. The smallest absolute Gasteiger partial charge is 0.0637 e. The van der Waals surface area contributed by atoms with Crippen molar-refractivity contribution in [2.24, 2.45) is 0 Å². The highest BCUT2D eigenvalue weighted by Crippen LogP contribution is 2.29. The van der Waals surface area contributed by atoms with Gasteiger partial charge >= 0.3 is 0 Å². The van der Waals surface area contributed by atoms with E-state index in [9.17, 15) is 0 Å². The zero-order valence-electron chi connectivity index (χ0n) is 12.8. The molecular weight excluding hydrogens is 305 g/mol. The number of benzene rings is 1. The molecule has 1 aliphatic rings. The molecule has 118 valence electrons. The number of unbranched alkanes of at least 4 members (excludes halogenated alkanes) is 3. The molecule has 21 heavy (non-hydrogen) atoms. The van der Waals surface area contributed by atoms with Gasteiger partial charge in [0.05, 0.1) is 10.0 Å². The fraction of sp³-hybridized carbons (Fsp3) is 0.647. The van der Waals surface area contributed by atoms with Crippen LogP contribution in [0.15, 0.2) is 12.1 Å². The molecule has 1 aliphatic carbocycles. The summed E-state index contributed by atoms with van der Waals surface area (Å²) < 4.78 is 5.06. The summed E-state index contributed by atoms with van der Waals surface area (Å²) in [6, 6.07) is 4.91. The summed E-state index contributed by atoms with van der Waals surface area (Å²) in [6.45, 7) is 1.69. The van der Waals surface area contributed by atoms with E-state index >= 15 is 0 Å². The van der Waals surface area contributed by atoms with E-state index in [0.717, 1.165) is 31.6 Å². The molecule has 0 spiro atoms. The molecule has 0 heterocycles. The zero-order chi connectivity index (χ0) is 15.1. The van der Waals surface area contributed by atoms with Crippen molar-refractivity contribution in [2.45, 2.75) is 57.5 Å². The third kappa shape index (κ3) is 6.15. The highest BCUT2D eigenvalue weighted by Gasteiger charge is 2.20. The summed E-state index contributed by atoms with van der Waals surface area (Å²) in [7, 11) is 1.76. The predicted molar refractivity (Wildman–Crippen MR) is 90.4 cm³/mol. The molecule has 0 saturated heterocycles. The third-order valence-corrected chi connectivity index (χ3v) is 4.73. The van der Waals surface area contributed by atoms with Crippen LogP contribution in [-0.2, 0) is 17.7 Å². The van der Waals surface area contributed by atoms with Crippen LogP contribution >= 0.6 is 23.2 Å². The SMILES string of the molecule is COCCCCCCc1cc(Cl)c(Cl)c(CNC2CC2)c1. The van der Waals surface area contributed by atoms with Crippen molar-refractivity contribution in [3.8, 4) is 0 Å². The van der Waals surface area contributed by atoms with E-state index in [0.29, 0.717) is 16.1 Å². The minimum absolute atomic E-state index is 0.682. The third-order valence-electron chi connectivity index (χ3n) is 3.89. The number of hydrogen-bond donors (Lipinski definition) is 1. The van der Waals surface area contributed by atoms with Gasteiger partial charge in [-0.15, -0.1) is 0 Å². The van der Waals surface area contributed by atoms with Crippen molar-refractivity contribution in [2.75, 3.05) is 13.7 Å². The topological polar surface area (TPSA) is 21.3 Å². The Balaban J connectivity index is 1.80. The van der Waals surface area contributed by atoms with Gasteiger partial charge in [0.25, 0.3) is 0 Å². The van der Waals surface area contributed by atoms with E-state index < -0.39 is 0 Å². The number of hydrogen-bond acceptors (Lipinski definition) is 2. The van der Waals surface area contributed by atoms with Crippen molar-refractivity contribution in [3.63, 3.8) is 0 Å². The second-order valence-corrected chi connectivity index (χ2v) is 6.65. The first kappa shape index (κ1) is 17.1. The number of nitrogens with one attached hydrogen (secondary N) is 1. The maximum Gasteiger partial charge on any atom is 0.0637 e. The zero-order valence-corrected chi connectivity index (χ0v) is 14.3. The summed E-state index contributed by atoms with van der Waals surface area (Å²) in [5.41, 5.74) is 2.43. The van der Waals surface area contributed by atoms with E-state index in [1.54, 1.807) is 7.11 Å². The molecule has 0 aliphatic heterocycles. The first-order chi connectivity index (χ1) is 10.2. The second kappa shape index (κ2) is 8.99. The van der Waals surface area contributed by atoms with Gasteiger partial charge in [0.15, 0.2) is 0 Å². The largest absolute Gasteiger partial charge is 0.385 e. The van der Waals surface area contributed by atoms with E-state index in [-0.39, 0.29) is 0 Å². The van der Waals surface area contributed by atoms with Gasteiger partial charge in [0.2, 0.25) is 0 Å². The Bertz CT molecular complexity index is 447. The number of rotatable bonds is 10. The molecular formula is C17H25Cl2NO. The molecule has 1 aromatic rings. The van der Waals surface area contributed by atoms with E-state index in [2.05, 4.69) is 11.4 Å². The van der Waals surface area contributed by atoms with Crippen LogP contribution in [0.2, 0.25) is 10.0 Å². The Morgan fingerprint density at radius 2 is 1.90 bits per heavy atom.